The summed E-state index contributed by atoms with van der Waals surface area (Å²) in [5.74, 6) is -0.190. The van der Waals surface area contributed by atoms with Gasteiger partial charge in [-0.15, -0.1) is 0 Å². The van der Waals surface area contributed by atoms with Crippen LogP contribution in [0.2, 0.25) is 0 Å². The van der Waals surface area contributed by atoms with E-state index in [4.69, 9.17) is 0 Å². The van der Waals surface area contributed by atoms with Gasteiger partial charge in [-0.3, -0.25) is 0 Å². The van der Waals surface area contributed by atoms with E-state index in [1.807, 2.05) is 12.1 Å². The van der Waals surface area contributed by atoms with Crippen molar-refractivity contribution in [3.05, 3.63) is 157 Å². The third-order valence-corrected chi connectivity index (χ3v) is 11.8. The zero-order chi connectivity index (χ0) is 23.9. The average Bonchev–Trinajstić information content (AvgIpc) is 2.93. The molecule has 0 heterocycles. The van der Waals surface area contributed by atoms with E-state index < -0.39 is 15.8 Å². The third kappa shape index (κ3) is 5.76. The van der Waals surface area contributed by atoms with Crippen LogP contribution in [0.1, 0.15) is 11.2 Å². The number of benzene rings is 5. The molecule has 0 aliphatic carbocycles. The van der Waals surface area contributed by atoms with Gasteiger partial charge in [-0.2, -0.15) is 0 Å². The van der Waals surface area contributed by atoms with Gasteiger partial charge in [0, 0.05) is 5.66 Å². The van der Waals surface area contributed by atoms with Crippen LogP contribution in [-0.4, -0.2) is 6.16 Å². The quantitative estimate of drug-likeness (QED) is 0.202. The van der Waals surface area contributed by atoms with Gasteiger partial charge in [0.1, 0.15) is 5.82 Å². The highest BCUT2D eigenvalue weighted by molar-refractivity contribution is 7.76. The summed E-state index contributed by atoms with van der Waals surface area (Å²) >= 11 is 0. The lowest BCUT2D eigenvalue weighted by Gasteiger charge is -2.33. The van der Waals surface area contributed by atoms with Crippen molar-refractivity contribution in [2.24, 2.45) is 0 Å². The third-order valence-electron chi connectivity index (χ3n) is 6.13. The van der Waals surface area contributed by atoms with Crippen molar-refractivity contribution in [1.29, 1.82) is 0 Å². The molecule has 5 aromatic carbocycles. The lowest BCUT2D eigenvalue weighted by atomic mass is 10.2. The number of rotatable bonds is 8. The van der Waals surface area contributed by atoms with E-state index in [2.05, 4.69) is 121 Å². The van der Waals surface area contributed by atoms with E-state index in [-0.39, 0.29) is 11.5 Å². The van der Waals surface area contributed by atoms with Crippen molar-refractivity contribution in [2.45, 2.75) is 5.66 Å². The Labute approximate surface area is 210 Å². The van der Waals surface area contributed by atoms with E-state index in [9.17, 15) is 4.39 Å². The number of hydrogen-bond donors (Lipinski definition) is 0. The summed E-state index contributed by atoms with van der Waals surface area (Å²) < 4.78 is 14.0. The molecule has 0 aromatic heterocycles. The molecule has 0 aliphatic rings. The Morgan fingerprint density at radius 3 is 1.23 bits per heavy atom. The number of halogens is 1. The van der Waals surface area contributed by atoms with E-state index in [1.165, 1.54) is 26.8 Å². The molecule has 0 nitrogen and oxygen atoms in total. The Kier molecular flexibility index (Phi) is 7.79. The summed E-state index contributed by atoms with van der Waals surface area (Å²) in [5, 5.41) is 5.44. The van der Waals surface area contributed by atoms with Crippen LogP contribution in [0.5, 0.6) is 0 Å². The summed E-state index contributed by atoms with van der Waals surface area (Å²) in [7, 11) is -1.33. The standard InChI is InChI=1S/C32H27FP2/c33-27-23-21-26(22-24-27)32(35(30-17-9-3-10-18-30)31-19-11-4-12-20-31)25-34(28-13-5-1-6-14-28)29-15-7-2-8-16-29/h1-24,32H,25H2. The van der Waals surface area contributed by atoms with Gasteiger partial charge in [-0.05, 0) is 60.9 Å². The van der Waals surface area contributed by atoms with Gasteiger partial charge >= 0.3 is 0 Å². The summed E-state index contributed by atoms with van der Waals surface area (Å²) in [5.41, 5.74) is 1.44. The van der Waals surface area contributed by atoms with Gasteiger partial charge < -0.3 is 0 Å². The Morgan fingerprint density at radius 2 is 0.829 bits per heavy atom. The van der Waals surface area contributed by atoms with Gasteiger partial charge in [0.25, 0.3) is 0 Å². The summed E-state index contributed by atoms with van der Waals surface area (Å²) in [6, 6.07) is 50.6. The molecular weight excluding hydrogens is 465 g/mol. The second kappa shape index (κ2) is 11.5. The fourth-order valence-electron chi connectivity index (χ4n) is 4.46. The monoisotopic (exact) mass is 492 g/mol. The predicted molar refractivity (Wildman–Crippen MR) is 152 cm³/mol. The van der Waals surface area contributed by atoms with Crippen LogP contribution in [0.3, 0.4) is 0 Å². The van der Waals surface area contributed by atoms with Crippen LogP contribution in [0.25, 0.3) is 0 Å². The lowest BCUT2D eigenvalue weighted by molar-refractivity contribution is 0.627. The highest BCUT2D eigenvalue weighted by Crippen LogP contribution is 2.55. The minimum absolute atomic E-state index is 0.190. The smallest absolute Gasteiger partial charge is 0.123 e. The van der Waals surface area contributed by atoms with Crippen LogP contribution in [-0.2, 0) is 0 Å². The highest BCUT2D eigenvalue weighted by atomic mass is 31.1. The van der Waals surface area contributed by atoms with Crippen LogP contribution >= 0.6 is 15.8 Å². The zero-order valence-electron chi connectivity index (χ0n) is 19.4. The average molecular weight is 493 g/mol. The second-order valence-electron chi connectivity index (χ2n) is 8.39. The van der Waals surface area contributed by atoms with Gasteiger partial charge in [0.05, 0.1) is 0 Å². The van der Waals surface area contributed by atoms with Crippen LogP contribution in [0.4, 0.5) is 4.39 Å². The van der Waals surface area contributed by atoms with Crippen molar-refractivity contribution in [3.8, 4) is 0 Å². The molecule has 35 heavy (non-hydrogen) atoms. The minimum atomic E-state index is -0.720. The first-order valence-electron chi connectivity index (χ1n) is 11.8. The van der Waals surface area contributed by atoms with Crippen molar-refractivity contribution >= 4 is 37.1 Å². The summed E-state index contributed by atoms with van der Waals surface area (Å²) in [6.45, 7) is 0. The SMILES string of the molecule is Fc1ccc(C(CP(c2ccccc2)c2ccccc2)P(c2ccccc2)c2ccccc2)cc1. The molecule has 0 fully saturated rings. The number of hydrogen-bond acceptors (Lipinski definition) is 0. The van der Waals surface area contributed by atoms with Crippen LogP contribution in [0.15, 0.2) is 146 Å². The van der Waals surface area contributed by atoms with Gasteiger partial charge in [-0.1, -0.05) is 133 Å². The molecule has 0 radical (unpaired) electrons. The molecule has 5 rings (SSSR count). The topological polar surface area (TPSA) is 0 Å². The first-order valence-corrected chi connectivity index (χ1v) is 14.8. The second-order valence-corrected chi connectivity index (χ2v) is 13.0. The summed E-state index contributed by atoms with van der Waals surface area (Å²) in [6.07, 6.45) is 0.991. The molecule has 5 aromatic rings. The first kappa shape index (κ1) is 23.6. The van der Waals surface area contributed by atoms with E-state index in [0.29, 0.717) is 0 Å². The summed E-state index contributed by atoms with van der Waals surface area (Å²) in [4.78, 5) is 0. The molecule has 1 unspecified atom stereocenters. The van der Waals surface area contributed by atoms with E-state index in [1.54, 1.807) is 12.1 Å². The maximum Gasteiger partial charge on any atom is 0.123 e. The molecule has 1 atom stereocenters. The largest absolute Gasteiger partial charge is 0.207 e. The molecule has 0 spiro atoms. The first-order chi connectivity index (χ1) is 17.3. The Morgan fingerprint density at radius 1 is 0.457 bits per heavy atom. The van der Waals surface area contributed by atoms with Crippen molar-refractivity contribution in [2.75, 3.05) is 6.16 Å². The fraction of sp³-hybridized carbons (Fsp3) is 0.0625. The van der Waals surface area contributed by atoms with E-state index >= 15 is 0 Å². The van der Waals surface area contributed by atoms with E-state index in [0.717, 1.165) is 6.16 Å². The Hall–Kier alpha value is -3.11. The minimum Gasteiger partial charge on any atom is -0.207 e. The molecule has 0 saturated carbocycles. The maximum absolute atomic E-state index is 14.0. The van der Waals surface area contributed by atoms with Crippen molar-refractivity contribution in [1.82, 2.24) is 0 Å². The molecular formula is C32H27FP2. The van der Waals surface area contributed by atoms with Gasteiger partial charge in [0.2, 0.25) is 0 Å². The molecule has 3 heteroatoms. The normalized spacial score (nSPS) is 12.1. The molecule has 0 aliphatic heterocycles. The zero-order valence-corrected chi connectivity index (χ0v) is 21.2. The molecule has 0 saturated heterocycles. The Bertz CT molecular complexity index is 1230. The van der Waals surface area contributed by atoms with Crippen LogP contribution in [0, 0.1) is 5.82 Å². The Balaban J connectivity index is 1.67. The molecule has 0 amide bonds. The molecule has 172 valence electrons. The predicted octanol–water partition coefficient (Wildman–Crippen LogP) is 7.13. The molecule has 0 bridgehead atoms. The van der Waals surface area contributed by atoms with Gasteiger partial charge in [-0.25, -0.2) is 4.39 Å². The van der Waals surface area contributed by atoms with Crippen molar-refractivity contribution in [3.63, 3.8) is 0 Å². The van der Waals surface area contributed by atoms with Crippen LogP contribution < -0.4 is 21.2 Å². The maximum atomic E-state index is 14.0. The highest BCUT2D eigenvalue weighted by Gasteiger charge is 2.30. The lowest BCUT2D eigenvalue weighted by Crippen LogP contribution is -2.23. The fourth-order valence-corrected chi connectivity index (χ4v) is 10.4. The molecule has 0 N–H and O–H groups in total. The van der Waals surface area contributed by atoms with Gasteiger partial charge in [0.15, 0.2) is 0 Å². The van der Waals surface area contributed by atoms with Crippen molar-refractivity contribution < 1.29 is 4.39 Å².